The number of aryl methyl sites for hydroxylation is 1. The summed E-state index contributed by atoms with van der Waals surface area (Å²) in [6.07, 6.45) is 2.04. The predicted molar refractivity (Wildman–Crippen MR) is 69.5 cm³/mol. The molecule has 1 aromatic carbocycles. The molecule has 2 heterocycles. The third-order valence-electron chi connectivity index (χ3n) is 2.88. The summed E-state index contributed by atoms with van der Waals surface area (Å²) in [5.41, 5.74) is 1.13. The lowest BCUT2D eigenvalue weighted by Crippen LogP contribution is -1.95. The van der Waals surface area contributed by atoms with E-state index in [0.29, 0.717) is 0 Å². The zero-order chi connectivity index (χ0) is 11.8. The van der Waals surface area contributed by atoms with Crippen LogP contribution in [-0.4, -0.2) is 4.57 Å². The molecule has 0 bridgehead atoms. The number of rotatable bonds is 2. The first-order chi connectivity index (χ1) is 8.24. The monoisotopic (exact) mass is 245 g/mol. The number of aromatic nitrogens is 1. The first-order valence-corrected chi connectivity index (χ1v) is 5.90. The van der Waals surface area contributed by atoms with Crippen molar-refractivity contribution in [2.75, 3.05) is 0 Å². The molecule has 0 aliphatic rings. The van der Waals surface area contributed by atoms with Crippen LogP contribution in [0.1, 0.15) is 11.5 Å². The highest BCUT2D eigenvalue weighted by atomic mass is 35.5. The second kappa shape index (κ2) is 3.97. The Hall–Kier alpha value is -1.67. The number of hydrogen-bond donors (Lipinski definition) is 0. The molecular weight excluding hydrogens is 234 g/mol. The van der Waals surface area contributed by atoms with Crippen molar-refractivity contribution in [3.05, 3.63) is 59.1 Å². The van der Waals surface area contributed by atoms with Crippen molar-refractivity contribution in [1.82, 2.24) is 4.57 Å². The van der Waals surface area contributed by atoms with Gasteiger partial charge in [-0.2, -0.15) is 0 Å². The van der Waals surface area contributed by atoms with Crippen LogP contribution in [-0.2, 0) is 6.54 Å². The van der Waals surface area contributed by atoms with Crippen LogP contribution in [0.5, 0.6) is 0 Å². The van der Waals surface area contributed by atoms with E-state index in [9.17, 15) is 0 Å². The average molecular weight is 246 g/mol. The van der Waals surface area contributed by atoms with Crippen molar-refractivity contribution < 1.29 is 4.42 Å². The summed E-state index contributed by atoms with van der Waals surface area (Å²) in [6.45, 7) is 2.69. The van der Waals surface area contributed by atoms with Gasteiger partial charge in [0.2, 0.25) is 0 Å². The first kappa shape index (κ1) is 10.5. The summed E-state index contributed by atoms with van der Waals surface area (Å²) < 4.78 is 7.72. The van der Waals surface area contributed by atoms with Gasteiger partial charge in [-0.1, -0.05) is 17.7 Å². The van der Waals surface area contributed by atoms with Crippen LogP contribution >= 0.6 is 11.6 Å². The predicted octanol–water partition coefficient (Wildman–Crippen LogP) is 4.24. The topological polar surface area (TPSA) is 18.1 Å². The molecule has 0 amide bonds. The van der Waals surface area contributed by atoms with Crippen molar-refractivity contribution in [2.45, 2.75) is 13.5 Å². The van der Waals surface area contributed by atoms with E-state index < -0.39 is 0 Å². The fourth-order valence-corrected chi connectivity index (χ4v) is 2.29. The Morgan fingerprint density at radius 1 is 1.18 bits per heavy atom. The maximum atomic E-state index is 6.14. The normalized spacial score (nSPS) is 11.2. The van der Waals surface area contributed by atoms with Crippen LogP contribution in [0.4, 0.5) is 0 Å². The number of halogens is 1. The molecule has 0 spiro atoms. The van der Waals surface area contributed by atoms with Crippen LogP contribution in [0.25, 0.3) is 10.9 Å². The third-order valence-corrected chi connectivity index (χ3v) is 3.21. The summed E-state index contributed by atoms with van der Waals surface area (Å²) >= 11 is 6.14. The molecule has 0 aliphatic heterocycles. The number of benzene rings is 1. The van der Waals surface area contributed by atoms with Gasteiger partial charge in [0.25, 0.3) is 0 Å². The maximum Gasteiger partial charge on any atom is 0.123 e. The molecule has 0 saturated heterocycles. The third kappa shape index (κ3) is 1.85. The van der Waals surface area contributed by atoms with Crippen molar-refractivity contribution in [2.24, 2.45) is 0 Å². The molecule has 2 aromatic heterocycles. The van der Waals surface area contributed by atoms with Gasteiger partial charge in [0.15, 0.2) is 0 Å². The summed E-state index contributed by atoms with van der Waals surface area (Å²) in [4.78, 5) is 0. The Morgan fingerprint density at radius 2 is 2.06 bits per heavy atom. The van der Waals surface area contributed by atoms with E-state index in [1.807, 2.05) is 43.5 Å². The van der Waals surface area contributed by atoms with Gasteiger partial charge in [0.05, 0.1) is 6.54 Å². The second-order valence-corrected chi connectivity index (χ2v) is 4.54. The molecule has 3 aromatic rings. The smallest absolute Gasteiger partial charge is 0.123 e. The van der Waals surface area contributed by atoms with Gasteiger partial charge in [0.1, 0.15) is 11.5 Å². The molecule has 0 unspecified atom stereocenters. The van der Waals surface area contributed by atoms with Crippen molar-refractivity contribution in [1.29, 1.82) is 0 Å². The van der Waals surface area contributed by atoms with Gasteiger partial charge in [-0.05, 0) is 37.3 Å². The lowest BCUT2D eigenvalue weighted by molar-refractivity contribution is 0.473. The maximum absolute atomic E-state index is 6.14. The zero-order valence-corrected chi connectivity index (χ0v) is 10.2. The van der Waals surface area contributed by atoms with Gasteiger partial charge in [-0.3, -0.25) is 0 Å². The quantitative estimate of drug-likeness (QED) is 0.660. The minimum atomic E-state index is 0.734. The summed E-state index contributed by atoms with van der Waals surface area (Å²) in [5.74, 6) is 1.90. The highest BCUT2D eigenvalue weighted by Crippen LogP contribution is 2.25. The van der Waals surface area contributed by atoms with Crippen molar-refractivity contribution in [3.63, 3.8) is 0 Å². The lowest BCUT2D eigenvalue weighted by Gasteiger charge is -2.03. The van der Waals surface area contributed by atoms with Gasteiger partial charge in [0, 0.05) is 22.1 Å². The van der Waals surface area contributed by atoms with Gasteiger partial charge in [-0.25, -0.2) is 0 Å². The van der Waals surface area contributed by atoms with Crippen LogP contribution in [0, 0.1) is 6.92 Å². The molecular formula is C14H12ClNO. The van der Waals surface area contributed by atoms with Crippen LogP contribution in [0.2, 0.25) is 5.02 Å². The van der Waals surface area contributed by atoms with E-state index in [1.54, 1.807) is 0 Å². The average Bonchev–Trinajstić information content (AvgIpc) is 2.88. The Kier molecular flexibility index (Phi) is 2.45. The highest BCUT2D eigenvalue weighted by Gasteiger charge is 2.06. The summed E-state index contributed by atoms with van der Waals surface area (Å²) in [5, 5.41) is 1.87. The zero-order valence-electron chi connectivity index (χ0n) is 9.48. The summed E-state index contributed by atoms with van der Waals surface area (Å²) in [7, 11) is 0. The molecule has 3 heteroatoms. The number of fused-ring (bicyclic) bond motifs is 1. The largest absolute Gasteiger partial charge is 0.464 e. The molecule has 3 rings (SSSR count). The van der Waals surface area contributed by atoms with Gasteiger partial charge < -0.3 is 8.98 Å². The Balaban J connectivity index is 2.04. The minimum Gasteiger partial charge on any atom is -0.464 e. The standard InChI is InChI=1S/C14H12ClNO/c1-10-5-6-11(17-10)9-16-8-7-12-13(15)3-2-4-14(12)16/h2-8H,9H2,1H3. The molecule has 0 saturated carbocycles. The number of nitrogens with zero attached hydrogens (tertiary/aromatic N) is 1. The van der Waals surface area contributed by atoms with E-state index in [0.717, 1.165) is 34.0 Å². The van der Waals surface area contributed by atoms with Crippen molar-refractivity contribution >= 4 is 22.5 Å². The van der Waals surface area contributed by atoms with Crippen LogP contribution in [0.15, 0.2) is 47.0 Å². The van der Waals surface area contributed by atoms with Crippen molar-refractivity contribution in [3.8, 4) is 0 Å². The van der Waals surface area contributed by atoms with Crippen LogP contribution < -0.4 is 0 Å². The molecule has 2 nitrogen and oxygen atoms in total. The number of furan rings is 1. The fourth-order valence-electron chi connectivity index (χ4n) is 2.06. The fraction of sp³-hybridized carbons (Fsp3) is 0.143. The van der Waals surface area contributed by atoms with E-state index in [1.165, 1.54) is 0 Å². The molecule has 0 N–H and O–H groups in total. The van der Waals surface area contributed by atoms with E-state index in [4.69, 9.17) is 16.0 Å². The summed E-state index contributed by atoms with van der Waals surface area (Å²) in [6, 6.07) is 12.0. The SMILES string of the molecule is Cc1ccc(Cn2ccc3c(Cl)cccc32)o1. The van der Waals surface area contributed by atoms with Gasteiger partial charge in [-0.15, -0.1) is 0 Å². The molecule has 0 atom stereocenters. The molecule has 17 heavy (non-hydrogen) atoms. The Morgan fingerprint density at radius 3 is 2.82 bits per heavy atom. The molecule has 0 aliphatic carbocycles. The second-order valence-electron chi connectivity index (χ2n) is 4.13. The highest BCUT2D eigenvalue weighted by molar-refractivity contribution is 6.35. The molecule has 86 valence electrons. The Labute approximate surface area is 104 Å². The minimum absolute atomic E-state index is 0.734. The lowest BCUT2D eigenvalue weighted by atomic mass is 10.2. The van der Waals surface area contributed by atoms with E-state index >= 15 is 0 Å². The van der Waals surface area contributed by atoms with Crippen LogP contribution in [0.3, 0.4) is 0 Å². The molecule has 0 radical (unpaired) electrons. The van der Waals surface area contributed by atoms with Gasteiger partial charge >= 0.3 is 0 Å². The van der Waals surface area contributed by atoms with E-state index in [-0.39, 0.29) is 0 Å². The van der Waals surface area contributed by atoms with E-state index in [2.05, 4.69) is 10.6 Å². The first-order valence-electron chi connectivity index (χ1n) is 5.53. The number of hydrogen-bond acceptors (Lipinski definition) is 1. The Bertz CT molecular complexity index is 666. The molecule has 0 fully saturated rings.